The summed E-state index contributed by atoms with van der Waals surface area (Å²) in [5, 5.41) is 18.9. The van der Waals surface area contributed by atoms with E-state index in [1.165, 1.54) is 11.3 Å². The predicted octanol–water partition coefficient (Wildman–Crippen LogP) is 1.48. The van der Waals surface area contributed by atoms with Crippen molar-refractivity contribution in [1.82, 2.24) is 10.3 Å². The standard InChI is InChI=1S/C8H12N4O2S/c1-3-9-7(13)11-8-10-6(4-15-8)5(2)12-14/h4,14H,3H2,1-2H3,(H2,9,10,11,13). The van der Waals surface area contributed by atoms with Crippen molar-refractivity contribution in [2.45, 2.75) is 13.8 Å². The van der Waals surface area contributed by atoms with Crippen LogP contribution in [0.3, 0.4) is 0 Å². The zero-order chi connectivity index (χ0) is 11.3. The van der Waals surface area contributed by atoms with E-state index in [9.17, 15) is 4.79 Å². The smallest absolute Gasteiger partial charge is 0.321 e. The first-order valence-corrected chi connectivity index (χ1v) is 5.24. The number of hydrogen-bond donors (Lipinski definition) is 3. The maximum Gasteiger partial charge on any atom is 0.321 e. The molecule has 1 rings (SSSR count). The summed E-state index contributed by atoms with van der Waals surface area (Å²) in [5.74, 6) is 0. The van der Waals surface area contributed by atoms with Gasteiger partial charge in [-0.15, -0.1) is 11.3 Å². The van der Waals surface area contributed by atoms with Crippen molar-refractivity contribution < 1.29 is 10.0 Å². The van der Waals surface area contributed by atoms with Crippen LogP contribution in [0, 0.1) is 0 Å². The molecule has 0 saturated carbocycles. The molecule has 0 aliphatic carbocycles. The molecule has 0 aliphatic rings. The Morgan fingerprint density at radius 3 is 3.07 bits per heavy atom. The summed E-state index contributed by atoms with van der Waals surface area (Å²) in [5.41, 5.74) is 0.962. The highest BCUT2D eigenvalue weighted by molar-refractivity contribution is 7.14. The molecule has 0 bridgehead atoms. The third-order valence-electron chi connectivity index (χ3n) is 1.58. The first-order chi connectivity index (χ1) is 7.17. The summed E-state index contributed by atoms with van der Waals surface area (Å²) in [6.45, 7) is 4.02. The molecule has 3 N–H and O–H groups in total. The van der Waals surface area contributed by atoms with Crippen LogP contribution < -0.4 is 10.6 Å². The number of nitrogens with one attached hydrogen (secondary N) is 2. The van der Waals surface area contributed by atoms with E-state index in [1.54, 1.807) is 12.3 Å². The van der Waals surface area contributed by atoms with Gasteiger partial charge in [0, 0.05) is 11.9 Å². The van der Waals surface area contributed by atoms with E-state index in [1.807, 2.05) is 6.92 Å². The topological polar surface area (TPSA) is 86.6 Å². The fraction of sp³-hybridized carbons (Fsp3) is 0.375. The van der Waals surface area contributed by atoms with E-state index in [2.05, 4.69) is 20.8 Å². The Labute approximate surface area is 91.0 Å². The average molecular weight is 228 g/mol. The lowest BCUT2D eigenvalue weighted by molar-refractivity contribution is 0.252. The van der Waals surface area contributed by atoms with Crippen molar-refractivity contribution in [3.63, 3.8) is 0 Å². The van der Waals surface area contributed by atoms with Gasteiger partial charge in [-0.1, -0.05) is 5.16 Å². The number of urea groups is 1. The van der Waals surface area contributed by atoms with Crippen molar-refractivity contribution in [3.8, 4) is 0 Å². The van der Waals surface area contributed by atoms with Gasteiger partial charge in [0.25, 0.3) is 0 Å². The van der Waals surface area contributed by atoms with Crippen molar-refractivity contribution in [3.05, 3.63) is 11.1 Å². The molecule has 2 amide bonds. The van der Waals surface area contributed by atoms with Gasteiger partial charge in [-0.2, -0.15) is 0 Å². The number of carbonyl (C=O) groups is 1. The van der Waals surface area contributed by atoms with Crippen LogP contribution in [0.15, 0.2) is 10.5 Å². The van der Waals surface area contributed by atoms with Crippen LogP contribution >= 0.6 is 11.3 Å². The Balaban J connectivity index is 2.64. The van der Waals surface area contributed by atoms with Gasteiger partial charge < -0.3 is 10.5 Å². The molecule has 0 atom stereocenters. The van der Waals surface area contributed by atoms with Crippen molar-refractivity contribution in [1.29, 1.82) is 0 Å². The SMILES string of the molecule is CCNC(=O)Nc1nc(C(C)=NO)cs1. The van der Waals surface area contributed by atoms with E-state index < -0.39 is 0 Å². The minimum absolute atomic E-state index is 0.294. The van der Waals surface area contributed by atoms with Gasteiger partial charge in [0.05, 0.1) is 0 Å². The van der Waals surface area contributed by atoms with Gasteiger partial charge in [-0.3, -0.25) is 5.32 Å². The molecule has 7 heteroatoms. The quantitative estimate of drug-likeness (QED) is 0.416. The molecule has 1 heterocycles. The molecule has 0 aromatic carbocycles. The highest BCUT2D eigenvalue weighted by Gasteiger charge is 2.07. The monoisotopic (exact) mass is 228 g/mol. The molecule has 0 fully saturated rings. The van der Waals surface area contributed by atoms with E-state index in [-0.39, 0.29) is 6.03 Å². The van der Waals surface area contributed by atoms with Crippen molar-refractivity contribution in [2.24, 2.45) is 5.16 Å². The number of rotatable bonds is 3. The van der Waals surface area contributed by atoms with Crippen LogP contribution in [-0.4, -0.2) is 28.5 Å². The van der Waals surface area contributed by atoms with Gasteiger partial charge in [-0.05, 0) is 13.8 Å². The molecule has 6 nitrogen and oxygen atoms in total. The first-order valence-electron chi connectivity index (χ1n) is 4.36. The minimum Gasteiger partial charge on any atom is -0.411 e. The molecule has 1 aromatic rings. The number of thiazole rings is 1. The van der Waals surface area contributed by atoms with E-state index >= 15 is 0 Å². The van der Waals surface area contributed by atoms with Gasteiger partial charge >= 0.3 is 6.03 Å². The molecule has 0 unspecified atom stereocenters. The molecule has 0 saturated heterocycles. The number of nitrogens with zero attached hydrogens (tertiary/aromatic N) is 2. The van der Waals surface area contributed by atoms with E-state index in [0.717, 1.165) is 0 Å². The molecule has 0 spiro atoms. The van der Waals surface area contributed by atoms with Crippen LogP contribution in [0.2, 0.25) is 0 Å². The number of aromatic nitrogens is 1. The first kappa shape index (κ1) is 11.4. The van der Waals surface area contributed by atoms with E-state index in [0.29, 0.717) is 23.1 Å². The van der Waals surface area contributed by atoms with Crippen molar-refractivity contribution >= 4 is 28.2 Å². The van der Waals surface area contributed by atoms with Gasteiger partial charge in [0.2, 0.25) is 0 Å². The normalized spacial score (nSPS) is 11.2. The second-order valence-corrected chi connectivity index (χ2v) is 3.57. The number of oxime groups is 1. The Morgan fingerprint density at radius 2 is 2.47 bits per heavy atom. The highest BCUT2D eigenvalue weighted by Crippen LogP contribution is 2.15. The summed E-state index contributed by atoms with van der Waals surface area (Å²) in [6, 6.07) is -0.294. The average Bonchev–Trinajstić information content (AvgIpc) is 2.65. The number of anilines is 1. The number of carbonyl (C=O) groups excluding carboxylic acids is 1. The third kappa shape index (κ3) is 3.21. The van der Waals surface area contributed by atoms with Gasteiger partial charge in [0.15, 0.2) is 5.13 Å². The zero-order valence-corrected chi connectivity index (χ0v) is 9.26. The van der Waals surface area contributed by atoms with Gasteiger partial charge in [0.1, 0.15) is 11.4 Å². The molecule has 82 valence electrons. The highest BCUT2D eigenvalue weighted by atomic mass is 32.1. The van der Waals surface area contributed by atoms with Crippen LogP contribution in [0.25, 0.3) is 0 Å². The second-order valence-electron chi connectivity index (χ2n) is 2.71. The van der Waals surface area contributed by atoms with Crippen LogP contribution in [0.1, 0.15) is 19.5 Å². The van der Waals surface area contributed by atoms with Crippen LogP contribution in [-0.2, 0) is 0 Å². The second kappa shape index (κ2) is 5.30. The predicted molar refractivity (Wildman–Crippen MR) is 58.8 cm³/mol. The lowest BCUT2D eigenvalue weighted by Crippen LogP contribution is -2.28. The molecule has 0 radical (unpaired) electrons. The molecular weight excluding hydrogens is 216 g/mol. The molecule has 0 aliphatic heterocycles. The lowest BCUT2D eigenvalue weighted by atomic mass is 10.3. The Kier molecular flexibility index (Phi) is 4.04. The summed E-state index contributed by atoms with van der Waals surface area (Å²) in [4.78, 5) is 15.2. The van der Waals surface area contributed by atoms with Crippen molar-refractivity contribution in [2.75, 3.05) is 11.9 Å². The van der Waals surface area contributed by atoms with Crippen LogP contribution in [0.5, 0.6) is 0 Å². The maximum absolute atomic E-state index is 11.1. The Morgan fingerprint density at radius 1 is 1.73 bits per heavy atom. The Bertz CT molecular complexity index is 374. The summed E-state index contributed by atoms with van der Waals surface area (Å²) < 4.78 is 0. The molecule has 15 heavy (non-hydrogen) atoms. The fourth-order valence-corrected chi connectivity index (χ4v) is 1.60. The Hall–Kier alpha value is -1.63. The third-order valence-corrected chi connectivity index (χ3v) is 2.34. The zero-order valence-electron chi connectivity index (χ0n) is 8.44. The van der Waals surface area contributed by atoms with Crippen LogP contribution in [0.4, 0.5) is 9.93 Å². The fourth-order valence-electron chi connectivity index (χ4n) is 0.850. The molecule has 1 aromatic heterocycles. The summed E-state index contributed by atoms with van der Waals surface area (Å²) >= 11 is 1.27. The molecular formula is C8H12N4O2S. The minimum atomic E-state index is -0.294. The van der Waals surface area contributed by atoms with E-state index in [4.69, 9.17) is 5.21 Å². The summed E-state index contributed by atoms with van der Waals surface area (Å²) in [7, 11) is 0. The largest absolute Gasteiger partial charge is 0.411 e. The van der Waals surface area contributed by atoms with Gasteiger partial charge in [-0.25, -0.2) is 9.78 Å². The summed E-state index contributed by atoms with van der Waals surface area (Å²) in [6.07, 6.45) is 0. The number of hydrogen-bond acceptors (Lipinski definition) is 5. The number of amides is 2. The lowest BCUT2D eigenvalue weighted by Gasteiger charge is -2.00. The maximum atomic E-state index is 11.1.